The van der Waals surface area contributed by atoms with Gasteiger partial charge in [0.2, 0.25) is 0 Å². The van der Waals surface area contributed by atoms with Crippen molar-refractivity contribution in [1.82, 2.24) is 9.97 Å². The van der Waals surface area contributed by atoms with Gasteiger partial charge in [0, 0.05) is 41.6 Å². The topological polar surface area (TPSA) is 51.4 Å². The van der Waals surface area contributed by atoms with Gasteiger partial charge in [-0.05, 0) is 36.3 Å². The monoisotopic (exact) mass is 516 g/mol. The maximum absolute atomic E-state index is 6.42. The molecule has 0 fully saturated rings. The zero-order valence-corrected chi connectivity index (χ0v) is 23.3. The van der Waals surface area contributed by atoms with Crippen LogP contribution in [0.1, 0.15) is 31.9 Å². The summed E-state index contributed by atoms with van der Waals surface area (Å²) >= 11 is 1.65. The maximum atomic E-state index is 6.42. The van der Waals surface area contributed by atoms with Gasteiger partial charge in [0.25, 0.3) is 0 Å². The Morgan fingerprint density at radius 2 is 1.85 bits per heavy atom. The smallest absolute Gasteiger partial charge is 0.192 e. The van der Waals surface area contributed by atoms with E-state index in [4.69, 9.17) is 9.16 Å². The Morgan fingerprint density at radius 3 is 2.59 bits per heavy atom. The second-order valence-corrected chi connectivity index (χ2v) is 15.7. The number of pyridine rings is 1. The Kier molecular flexibility index (Phi) is 8.41. The van der Waals surface area contributed by atoms with E-state index in [2.05, 4.69) is 96.0 Å². The van der Waals surface area contributed by atoms with E-state index >= 15 is 0 Å². The maximum Gasteiger partial charge on any atom is 0.192 e. The summed E-state index contributed by atoms with van der Waals surface area (Å²) in [6.07, 6.45) is 7.76. The number of methoxy groups -OCH3 is 1. The molecule has 9 heteroatoms. The van der Waals surface area contributed by atoms with E-state index in [9.17, 15) is 0 Å². The predicted octanol–water partition coefficient (Wildman–Crippen LogP) is 2.54. The average molecular weight is 517 g/mol. The molecule has 1 aromatic carbocycles. The van der Waals surface area contributed by atoms with Gasteiger partial charge in [-0.15, -0.1) is 0 Å². The lowest BCUT2D eigenvalue weighted by molar-refractivity contribution is -0.688. The van der Waals surface area contributed by atoms with Crippen LogP contribution in [0.3, 0.4) is 0 Å². The van der Waals surface area contributed by atoms with E-state index in [0.29, 0.717) is 13.3 Å². The molecule has 0 saturated heterocycles. The van der Waals surface area contributed by atoms with E-state index in [0.717, 1.165) is 28.0 Å². The molecule has 1 aliphatic rings. The highest BCUT2D eigenvalue weighted by Gasteiger charge is 2.37. The Bertz CT molecular complexity index is 1140. The van der Waals surface area contributed by atoms with Gasteiger partial charge in [0.1, 0.15) is 11.8 Å². The largest absolute Gasteiger partial charge is 1.00 e. The molecule has 3 aromatic rings. The van der Waals surface area contributed by atoms with Crippen molar-refractivity contribution in [3.8, 4) is 0 Å². The minimum absolute atomic E-state index is 0. The molecule has 2 aromatic heterocycles. The highest BCUT2D eigenvalue weighted by atomic mass is 35.5. The number of nitrogens with zero attached hydrogens (tertiary/aromatic N) is 4. The van der Waals surface area contributed by atoms with Crippen molar-refractivity contribution in [1.29, 1.82) is 0 Å². The van der Waals surface area contributed by atoms with Crippen LogP contribution < -0.4 is 21.9 Å². The summed E-state index contributed by atoms with van der Waals surface area (Å²) in [7, 11) is -0.0774. The summed E-state index contributed by atoms with van der Waals surface area (Å²) in [6, 6.07) is 10.8. The number of halogens is 1. The summed E-state index contributed by atoms with van der Waals surface area (Å²) in [6.45, 7) is 13.3. The molecule has 0 radical (unpaired) electrons. The first-order chi connectivity index (χ1) is 15.7. The zero-order valence-electron chi connectivity index (χ0n) is 20.7. The van der Waals surface area contributed by atoms with Crippen LogP contribution in [0.5, 0.6) is 0 Å². The molecule has 0 aliphatic carbocycles. The van der Waals surface area contributed by atoms with E-state index < -0.39 is 8.32 Å². The summed E-state index contributed by atoms with van der Waals surface area (Å²) in [4.78, 5) is 12.3. The first-order valence-electron chi connectivity index (χ1n) is 11.2. The molecule has 0 atom stereocenters. The molecule has 0 N–H and O–H groups in total. The second kappa shape index (κ2) is 10.7. The molecule has 0 bridgehead atoms. The fraction of sp³-hybridized carbons (Fsp3) is 0.400. The molecular weight excluding hydrogens is 484 g/mol. The van der Waals surface area contributed by atoms with Gasteiger partial charge in [0.05, 0.1) is 12.3 Å². The van der Waals surface area contributed by atoms with E-state index in [-0.39, 0.29) is 17.4 Å². The lowest BCUT2D eigenvalue weighted by Crippen LogP contribution is -3.00. The third kappa shape index (κ3) is 5.80. The van der Waals surface area contributed by atoms with Crippen molar-refractivity contribution in [3.05, 3.63) is 66.2 Å². The van der Waals surface area contributed by atoms with Crippen molar-refractivity contribution in [3.63, 3.8) is 0 Å². The van der Waals surface area contributed by atoms with Crippen LogP contribution in [0.25, 0.3) is 0 Å². The SMILES string of the molecule is COCN1c2cc(C[n+]3cccc(CO[Si](C)(C)C(C)(C)C)c3)ccc2Sc2nccnc21.[Cl-]. The number of hydrogen-bond acceptors (Lipinski definition) is 6. The number of hydrogen-bond donors (Lipinski definition) is 0. The van der Waals surface area contributed by atoms with Gasteiger partial charge >= 0.3 is 0 Å². The number of aromatic nitrogens is 3. The molecule has 0 amide bonds. The van der Waals surface area contributed by atoms with Crippen LogP contribution in [-0.4, -0.2) is 32.1 Å². The lowest BCUT2D eigenvalue weighted by atomic mass is 10.1. The molecule has 182 valence electrons. The second-order valence-electron chi connectivity index (χ2n) is 9.87. The van der Waals surface area contributed by atoms with Gasteiger partial charge in [-0.3, -0.25) is 4.90 Å². The normalized spacial score (nSPS) is 13.2. The first-order valence-corrected chi connectivity index (χ1v) is 14.9. The van der Waals surface area contributed by atoms with Crippen LogP contribution in [0.15, 0.2) is 65.0 Å². The molecule has 3 heterocycles. The van der Waals surface area contributed by atoms with E-state index in [1.54, 1.807) is 31.3 Å². The lowest BCUT2D eigenvalue weighted by Gasteiger charge is -2.36. The third-order valence-corrected chi connectivity index (χ3v) is 11.9. The minimum atomic E-state index is -1.78. The van der Waals surface area contributed by atoms with Crippen molar-refractivity contribution in [2.75, 3.05) is 18.7 Å². The molecule has 0 spiro atoms. The van der Waals surface area contributed by atoms with E-state index in [1.807, 2.05) is 0 Å². The quantitative estimate of drug-likeness (QED) is 0.355. The number of rotatable bonds is 7. The number of fused-ring (bicyclic) bond motifs is 2. The average Bonchev–Trinajstić information content (AvgIpc) is 2.77. The Morgan fingerprint density at radius 1 is 1.09 bits per heavy atom. The van der Waals surface area contributed by atoms with Gasteiger partial charge in [0.15, 0.2) is 33.1 Å². The van der Waals surface area contributed by atoms with Crippen LogP contribution >= 0.6 is 11.8 Å². The molecule has 6 nitrogen and oxygen atoms in total. The Hall–Kier alpha value is -1.97. The van der Waals surface area contributed by atoms with Crippen LogP contribution in [-0.2, 0) is 22.3 Å². The molecule has 0 saturated carbocycles. The molecule has 4 rings (SSSR count). The van der Waals surface area contributed by atoms with Gasteiger partial charge in [-0.25, -0.2) is 14.5 Å². The summed E-state index contributed by atoms with van der Waals surface area (Å²) < 4.78 is 14.1. The first kappa shape index (κ1) is 26.6. The fourth-order valence-electron chi connectivity index (χ4n) is 3.46. The van der Waals surface area contributed by atoms with Crippen LogP contribution in [0.2, 0.25) is 18.1 Å². The van der Waals surface area contributed by atoms with Crippen molar-refractivity contribution in [2.45, 2.75) is 62.0 Å². The highest BCUT2D eigenvalue weighted by Crippen LogP contribution is 2.46. The van der Waals surface area contributed by atoms with Crippen molar-refractivity contribution in [2.24, 2.45) is 0 Å². The van der Waals surface area contributed by atoms with Crippen LogP contribution in [0, 0.1) is 0 Å². The fourth-order valence-corrected chi connectivity index (χ4v) is 5.41. The van der Waals surface area contributed by atoms with Crippen molar-refractivity contribution >= 4 is 31.6 Å². The highest BCUT2D eigenvalue weighted by molar-refractivity contribution is 7.99. The van der Waals surface area contributed by atoms with Gasteiger partial charge in [-0.2, -0.15) is 0 Å². The van der Waals surface area contributed by atoms with Crippen molar-refractivity contribution < 1.29 is 26.1 Å². The summed E-state index contributed by atoms with van der Waals surface area (Å²) in [5.41, 5.74) is 3.52. The zero-order chi connectivity index (χ0) is 23.6. The Labute approximate surface area is 214 Å². The standard InChI is InChI=1S/C25H33N4O2SSi.ClH/c1-25(2,3)33(5,6)31-17-20-8-7-13-28(16-20)15-19-9-10-22-21(14-19)29(18-30-4)23-24(32-22)27-12-11-26-23;/h7-14,16H,15,17-18H2,1-6H3;1H/q+1;/p-1. The molecular formula is C25H33ClN4O2SSi. The molecule has 0 unspecified atom stereocenters. The van der Waals surface area contributed by atoms with E-state index in [1.165, 1.54) is 11.1 Å². The van der Waals surface area contributed by atoms with Gasteiger partial charge in [-0.1, -0.05) is 38.6 Å². The minimum Gasteiger partial charge on any atom is -1.00 e. The summed E-state index contributed by atoms with van der Waals surface area (Å²) in [5.74, 6) is 0.839. The number of anilines is 2. The summed E-state index contributed by atoms with van der Waals surface area (Å²) in [5, 5.41) is 1.11. The third-order valence-electron chi connectivity index (χ3n) is 6.37. The van der Waals surface area contributed by atoms with Gasteiger partial charge < -0.3 is 21.6 Å². The Balaban J connectivity index is 0.00000324. The van der Waals surface area contributed by atoms with Crippen LogP contribution in [0.4, 0.5) is 11.5 Å². The number of ether oxygens (including phenoxy) is 1. The molecule has 34 heavy (non-hydrogen) atoms. The predicted molar refractivity (Wildman–Crippen MR) is 134 cm³/mol. The molecule has 1 aliphatic heterocycles. The number of benzene rings is 1.